The second-order valence-electron chi connectivity index (χ2n) is 5.65. The molecule has 7 nitrogen and oxygen atoms in total. The number of ether oxygens (including phenoxy) is 1. The van der Waals surface area contributed by atoms with E-state index in [-0.39, 0.29) is 12.5 Å². The van der Waals surface area contributed by atoms with E-state index in [1.807, 2.05) is 24.3 Å². The first-order valence-corrected chi connectivity index (χ1v) is 8.11. The van der Waals surface area contributed by atoms with Gasteiger partial charge in [-0.25, -0.2) is 9.78 Å². The van der Waals surface area contributed by atoms with Crippen LogP contribution in [0.4, 0.5) is 16.2 Å². The van der Waals surface area contributed by atoms with Crippen LogP contribution in [0.15, 0.2) is 42.6 Å². The Balaban J connectivity index is 1.59. The number of para-hydroxylation sites is 1. The lowest BCUT2D eigenvalue weighted by Gasteiger charge is -2.29. The summed E-state index contributed by atoms with van der Waals surface area (Å²) in [4.78, 5) is 30.3. The Bertz CT molecular complexity index is 778. The van der Waals surface area contributed by atoms with Crippen molar-refractivity contribution in [2.24, 2.45) is 0 Å². The van der Waals surface area contributed by atoms with Crippen LogP contribution in [0.1, 0.15) is 12.0 Å². The monoisotopic (exact) mass is 340 g/mol. The Kier molecular flexibility index (Phi) is 5.13. The Morgan fingerprint density at radius 3 is 2.92 bits per heavy atom. The summed E-state index contributed by atoms with van der Waals surface area (Å²) < 4.78 is 5.08. The number of fused-ring (bicyclic) bond motifs is 1. The van der Waals surface area contributed by atoms with E-state index >= 15 is 0 Å². The van der Waals surface area contributed by atoms with Crippen LogP contribution in [-0.2, 0) is 11.2 Å². The predicted molar refractivity (Wildman–Crippen MR) is 94.9 cm³/mol. The topological polar surface area (TPSA) is 83.6 Å². The summed E-state index contributed by atoms with van der Waals surface area (Å²) in [5.74, 6) is 0.175. The molecule has 130 valence electrons. The third-order valence-corrected chi connectivity index (χ3v) is 4.02. The van der Waals surface area contributed by atoms with Crippen LogP contribution >= 0.6 is 0 Å². The van der Waals surface area contributed by atoms with Gasteiger partial charge in [-0.05, 0) is 36.6 Å². The number of aromatic nitrogens is 1. The standard InChI is InChI=1S/C18H20N4O3/c1-25-17-14(8-4-10-19-17)21-18(24)20-12-16(23)22-11-5-7-13-6-2-3-9-15(13)22/h2-4,6,8-10H,5,7,11-12H2,1H3,(H2,20,21,24). The highest BCUT2D eigenvalue weighted by atomic mass is 16.5. The van der Waals surface area contributed by atoms with Gasteiger partial charge in [0.1, 0.15) is 5.69 Å². The quantitative estimate of drug-likeness (QED) is 0.894. The van der Waals surface area contributed by atoms with Crippen molar-refractivity contribution >= 4 is 23.3 Å². The number of anilines is 2. The van der Waals surface area contributed by atoms with E-state index in [1.165, 1.54) is 7.11 Å². The zero-order valence-electron chi connectivity index (χ0n) is 14.0. The third kappa shape index (κ3) is 3.88. The molecule has 2 aromatic rings. The smallest absolute Gasteiger partial charge is 0.319 e. The Hall–Kier alpha value is -3.09. The third-order valence-electron chi connectivity index (χ3n) is 4.02. The fourth-order valence-corrected chi connectivity index (χ4v) is 2.86. The van der Waals surface area contributed by atoms with E-state index in [4.69, 9.17) is 4.74 Å². The second kappa shape index (κ2) is 7.65. The molecule has 0 atom stereocenters. The van der Waals surface area contributed by atoms with Crippen LogP contribution in [0.2, 0.25) is 0 Å². The van der Waals surface area contributed by atoms with E-state index in [2.05, 4.69) is 15.6 Å². The van der Waals surface area contributed by atoms with Gasteiger partial charge in [-0.2, -0.15) is 0 Å². The highest BCUT2D eigenvalue weighted by Gasteiger charge is 2.22. The first-order chi connectivity index (χ1) is 12.2. The van der Waals surface area contributed by atoms with Crippen molar-refractivity contribution in [1.29, 1.82) is 0 Å². The van der Waals surface area contributed by atoms with Gasteiger partial charge in [0.15, 0.2) is 0 Å². The van der Waals surface area contributed by atoms with Gasteiger partial charge in [-0.1, -0.05) is 18.2 Å². The molecule has 7 heteroatoms. The molecule has 25 heavy (non-hydrogen) atoms. The summed E-state index contributed by atoms with van der Waals surface area (Å²) >= 11 is 0. The predicted octanol–water partition coefficient (Wildman–Crippen LogP) is 2.19. The lowest BCUT2D eigenvalue weighted by atomic mass is 10.0. The number of carbonyl (C=O) groups excluding carboxylic acids is 2. The average Bonchev–Trinajstić information content (AvgIpc) is 2.66. The Morgan fingerprint density at radius 2 is 2.08 bits per heavy atom. The molecule has 1 aliphatic heterocycles. The molecule has 1 aromatic heterocycles. The number of hydrogen-bond acceptors (Lipinski definition) is 4. The molecule has 0 aliphatic carbocycles. The van der Waals surface area contributed by atoms with Gasteiger partial charge in [0.05, 0.1) is 13.7 Å². The van der Waals surface area contributed by atoms with Gasteiger partial charge in [0.25, 0.3) is 0 Å². The number of methoxy groups -OCH3 is 1. The van der Waals surface area contributed by atoms with E-state index in [9.17, 15) is 9.59 Å². The lowest BCUT2D eigenvalue weighted by molar-refractivity contribution is -0.117. The molecule has 0 bridgehead atoms. The van der Waals surface area contributed by atoms with Gasteiger partial charge < -0.3 is 20.3 Å². The normalized spacial score (nSPS) is 12.9. The number of nitrogens with one attached hydrogen (secondary N) is 2. The first kappa shape index (κ1) is 16.8. The molecule has 0 fully saturated rings. The maximum Gasteiger partial charge on any atom is 0.319 e. The number of aryl methyl sites for hydroxylation is 1. The number of benzene rings is 1. The van der Waals surface area contributed by atoms with E-state index in [1.54, 1.807) is 23.2 Å². The summed E-state index contributed by atoms with van der Waals surface area (Å²) in [5, 5.41) is 5.22. The summed E-state index contributed by atoms with van der Waals surface area (Å²) in [7, 11) is 1.47. The second-order valence-corrected chi connectivity index (χ2v) is 5.65. The van der Waals surface area contributed by atoms with Gasteiger partial charge in [-0.3, -0.25) is 4.79 Å². The number of hydrogen-bond donors (Lipinski definition) is 2. The minimum Gasteiger partial charge on any atom is -0.480 e. The van der Waals surface area contributed by atoms with Crippen molar-refractivity contribution in [3.63, 3.8) is 0 Å². The van der Waals surface area contributed by atoms with Crippen molar-refractivity contribution in [1.82, 2.24) is 10.3 Å². The average molecular weight is 340 g/mol. The first-order valence-electron chi connectivity index (χ1n) is 8.11. The highest BCUT2D eigenvalue weighted by Crippen LogP contribution is 2.26. The molecule has 1 aliphatic rings. The zero-order chi connectivity index (χ0) is 17.6. The molecule has 0 saturated heterocycles. The van der Waals surface area contributed by atoms with Crippen LogP contribution in [0, 0.1) is 0 Å². The Labute approximate surface area is 146 Å². The number of nitrogens with zero attached hydrogens (tertiary/aromatic N) is 2. The van der Waals surface area contributed by atoms with Gasteiger partial charge in [0, 0.05) is 18.4 Å². The lowest BCUT2D eigenvalue weighted by Crippen LogP contribution is -2.43. The molecule has 0 saturated carbocycles. The molecule has 2 heterocycles. The fraction of sp³-hybridized carbons (Fsp3) is 0.278. The van der Waals surface area contributed by atoms with Crippen LogP contribution in [0.25, 0.3) is 0 Å². The molecular formula is C18H20N4O3. The Morgan fingerprint density at radius 1 is 1.24 bits per heavy atom. The maximum atomic E-state index is 12.5. The molecule has 0 spiro atoms. The van der Waals surface area contributed by atoms with Gasteiger partial charge in [0.2, 0.25) is 11.8 Å². The molecule has 2 N–H and O–H groups in total. The number of carbonyl (C=O) groups is 2. The molecular weight excluding hydrogens is 320 g/mol. The fourth-order valence-electron chi connectivity index (χ4n) is 2.86. The van der Waals surface area contributed by atoms with Crippen LogP contribution in [0.5, 0.6) is 5.88 Å². The maximum absolute atomic E-state index is 12.5. The summed E-state index contributed by atoms with van der Waals surface area (Å²) in [6.07, 6.45) is 3.45. The van der Waals surface area contributed by atoms with Crippen LogP contribution in [0.3, 0.4) is 0 Å². The highest BCUT2D eigenvalue weighted by molar-refractivity contribution is 5.99. The number of urea groups is 1. The largest absolute Gasteiger partial charge is 0.480 e. The molecule has 3 amide bonds. The summed E-state index contributed by atoms with van der Waals surface area (Å²) in [6.45, 7) is 0.582. The van der Waals surface area contributed by atoms with E-state index in [0.29, 0.717) is 18.1 Å². The van der Waals surface area contributed by atoms with Crippen molar-refractivity contribution < 1.29 is 14.3 Å². The number of rotatable bonds is 4. The minimum atomic E-state index is -0.482. The number of pyridine rings is 1. The van der Waals surface area contributed by atoms with Crippen LogP contribution < -0.4 is 20.3 Å². The van der Waals surface area contributed by atoms with Crippen molar-refractivity contribution in [3.8, 4) is 5.88 Å². The van der Waals surface area contributed by atoms with Gasteiger partial charge >= 0.3 is 6.03 Å². The summed E-state index contributed by atoms with van der Waals surface area (Å²) in [6, 6.07) is 10.7. The van der Waals surface area contributed by atoms with E-state index in [0.717, 1.165) is 24.1 Å². The zero-order valence-corrected chi connectivity index (χ0v) is 14.0. The number of amides is 3. The molecule has 0 unspecified atom stereocenters. The minimum absolute atomic E-state index is 0.0806. The van der Waals surface area contributed by atoms with E-state index < -0.39 is 6.03 Å². The molecule has 0 radical (unpaired) electrons. The SMILES string of the molecule is COc1ncccc1NC(=O)NCC(=O)N1CCCc2ccccc21. The van der Waals surface area contributed by atoms with Crippen molar-refractivity contribution in [2.45, 2.75) is 12.8 Å². The van der Waals surface area contributed by atoms with Crippen LogP contribution in [-0.4, -0.2) is 37.1 Å². The van der Waals surface area contributed by atoms with Crippen molar-refractivity contribution in [3.05, 3.63) is 48.2 Å². The van der Waals surface area contributed by atoms with Gasteiger partial charge in [-0.15, -0.1) is 0 Å². The molecule has 1 aromatic carbocycles. The summed E-state index contributed by atoms with van der Waals surface area (Å²) in [5.41, 5.74) is 2.53. The molecule has 3 rings (SSSR count). The van der Waals surface area contributed by atoms with Crippen molar-refractivity contribution in [2.75, 3.05) is 30.4 Å².